The molecule has 0 spiro atoms. The molecule has 1 fully saturated rings. The van der Waals surface area contributed by atoms with Gasteiger partial charge in [0.2, 0.25) is 10.1 Å². The van der Waals surface area contributed by atoms with Gasteiger partial charge in [-0.15, -0.1) is 5.10 Å². The van der Waals surface area contributed by atoms with Gasteiger partial charge in [-0.25, -0.2) is 9.50 Å². The summed E-state index contributed by atoms with van der Waals surface area (Å²) in [5.41, 5.74) is 1.13. The van der Waals surface area contributed by atoms with Gasteiger partial charge in [-0.3, -0.25) is 0 Å². The summed E-state index contributed by atoms with van der Waals surface area (Å²) >= 11 is 1.64. The van der Waals surface area contributed by atoms with Crippen LogP contribution < -0.4 is 4.90 Å². The van der Waals surface area contributed by atoms with Crippen molar-refractivity contribution in [3.05, 3.63) is 11.9 Å². The van der Waals surface area contributed by atoms with E-state index >= 15 is 0 Å². The Morgan fingerprint density at radius 1 is 1.45 bits per heavy atom. The Labute approximate surface area is 123 Å². The topological polar surface area (TPSA) is 53.7 Å². The van der Waals surface area contributed by atoms with Crippen LogP contribution in [0.2, 0.25) is 0 Å². The molecule has 0 amide bonds. The molecule has 1 unspecified atom stereocenters. The van der Waals surface area contributed by atoms with Gasteiger partial charge in [-0.2, -0.15) is 0 Å². The second kappa shape index (κ2) is 5.00. The molecule has 3 rings (SSSR count). The van der Waals surface area contributed by atoms with Crippen molar-refractivity contribution >= 4 is 21.4 Å². The van der Waals surface area contributed by atoms with Crippen molar-refractivity contribution in [3.8, 4) is 0 Å². The third kappa shape index (κ3) is 2.54. The van der Waals surface area contributed by atoms with Crippen LogP contribution in [0.4, 0.5) is 5.13 Å². The van der Waals surface area contributed by atoms with Crippen LogP contribution in [0.3, 0.4) is 0 Å². The Morgan fingerprint density at radius 2 is 2.25 bits per heavy atom. The van der Waals surface area contributed by atoms with Crippen LogP contribution in [0, 0.1) is 5.92 Å². The minimum atomic E-state index is 0.0562. The fourth-order valence-electron chi connectivity index (χ4n) is 2.57. The molecule has 3 heterocycles. The molecule has 1 N–H and O–H groups in total. The van der Waals surface area contributed by atoms with Crippen LogP contribution in [0.25, 0.3) is 4.96 Å². The number of rotatable bonds is 2. The monoisotopic (exact) mass is 294 g/mol. The maximum atomic E-state index is 9.32. The lowest BCUT2D eigenvalue weighted by Crippen LogP contribution is -2.36. The first-order valence-corrected chi connectivity index (χ1v) is 8.01. The average Bonchev–Trinajstić information content (AvgIpc) is 2.96. The molecular formula is C14H22N4OS. The number of aromatic nitrogens is 3. The van der Waals surface area contributed by atoms with Crippen LogP contribution in [0.5, 0.6) is 0 Å². The molecule has 110 valence electrons. The zero-order valence-electron chi connectivity index (χ0n) is 12.3. The van der Waals surface area contributed by atoms with Crippen molar-refractivity contribution in [2.45, 2.75) is 39.0 Å². The van der Waals surface area contributed by atoms with Crippen molar-refractivity contribution in [2.24, 2.45) is 5.92 Å². The average molecular weight is 294 g/mol. The fraction of sp³-hybridized carbons (Fsp3) is 0.714. The number of imidazole rings is 1. The quantitative estimate of drug-likeness (QED) is 0.923. The summed E-state index contributed by atoms with van der Waals surface area (Å²) in [6.45, 7) is 8.69. The van der Waals surface area contributed by atoms with E-state index in [4.69, 9.17) is 0 Å². The number of aliphatic hydroxyl groups excluding tert-OH is 1. The normalized spacial score (nSPS) is 20.8. The predicted octanol–water partition coefficient (Wildman–Crippen LogP) is 2.30. The Bertz CT molecular complexity index is 566. The van der Waals surface area contributed by atoms with E-state index in [-0.39, 0.29) is 12.0 Å². The first kappa shape index (κ1) is 13.8. The van der Waals surface area contributed by atoms with Crippen LogP contribution in [-0.2, 0) is 5.41 Å². The molecule has 5 nitrogen and oxygen atoms in total. The molecule has 1 aliphatic heterocycles. The van der Waals surface area contributed by atoms with E-state index in [0.717, 1.165) is 41.7 Å². The molecule has 0 saturated carbocycles. The Kier molecular flexibility index (Phi) is 3.46. The summed E-state index contributed by atoms with van der Waals surface area (Å²) in [6.07, 6.45) is 4.27. The van der Waals surface area contributed by atoms with Gasteiger partial charge in [0.15, 0.2) is 0 Å². The standard InChI is InChI=1S/C14H22N4OS/c1-14(2,3)11-8-18-12(15-11)20-13(16-18)17-6-4-5-10(7-17)9-19/h8,10,19H,4-7,9H2,1-3H3. The first-order chi connectivity index (χ1) is 9.47. The highest BCUT2D eigenvalue weighted by atomic mass is 32.1. The van der Waals surface area contributed by atoms with Crippen molar-refractivity contribution < 1.29 is 5.11 Å². The van der Waals surface area contributed by atoms with Gasteiger partial charge < -0.3 is 10.0 Å². The molecule has 0 aromatic carbocycles. The molecule has 6 heteroatoms. The van der Waals surface area contributed by atoms with Crippen molar-refractivity contribution in [2.75, 3.05) is 24.6 Å². The second-order valence-corrected chi connectivity index (χ2v) is 7.56. The van der Waals surface area contributed by atoms with Crippen LogP contribution in [-0.4, -0.2) is 39.4 Å². The molecule has 1 saturated heterocycles. The van der Waals surface area contributed by atoms with E-state index in [2.05, 4.69) is 35.8 Å². The molecule has 1 aliphatic rings. The van der Waals surface area contributed by atoms with Gasteiger partial charge in [0.25, 0.3) is 0 Å². The van der Waals surface area contributed by atoms with Crippen LogP contribution >= 0.6 is 11.3 Å². The maximum absolute atomic E-state index is 9.32. The van der Waals surface area contributed by atoms with Crippen molar-refractivity contribution in [3.63, 3.8) is 0 Å². The number of nitrogens with zero attached hydrogens (tertiary/aromatic N) is 4. The lowest BCUT2D eigenvalue weighted by molar-refractivity contribution is 0.208. The molecule has 2 aromatic rings. The van der Waals surface area contributed by atoms with Gasteiger partial charge in [0, 0.05) is 25.1 Å². The van der Waals surface area contributed by atoms with Crippen LogP contribution in [0.1, 0.15) is 39.3 Å². The summed E-state index contributed by atoms with van der Waals surface area (Å²) in [6, 6.07) is 0. The molecule has 0 bridgehead atoms. The Morgan fingerprint density at radius 3 is 2.90 bits per heavy atom. The van der Waals surface area contributed by atoms with Crippen molar-refractivity contribution in [1.29, 1.82) is 0 Å². The minimum absolute atomic E-state index is 0.0562. The summed E-state index contributed by atoms with van der Waals surface area (Å²) < 4.78 is 1.89. The van der Waals surface area contributed by atoms with Gasteiger partial charge in [-0.05, 0) is 18.8 Å². The zero-order valence-corrected chi connectivity index (χ0v) is 13.2. The fourth-order valence-corrected chi connectivity index (χ4v) is 3.48. The Hall–Kier alpha value is -1.14. The number of hydrogen-bond acceptors (Lipinski definition) is 5. The lowest BCUT2D eigenvalue weighted by atomic mass is 9.93. The molecule has 1 atom stereocenters. The number of piperidine rings is 1. The van der Waals surface area contributed by atoms with Gasteiger partial charge in [0.1, 0.15) is 0 Å². The first-order valence-electron chi connectivity index (χ1n) is 7.20. The summed E-state index contributed by atoms with van der Waals surface area (Å²) in [7, 11) is 0. The number of fused-ring (bicyclic) bond motifs is 1. The highest BCUT2D eigenvalue weighted by Crippen LogP contribution is 2.29. The van der Waals surface area contributed by atoms with Gasteiger partial charge >= 0.3 is 0 Å². The second-order valence-electron chi connectivity index (χ2n) is 6.62. The lowest BCUT2D eigenvalue weighted by Gasteiger charge is -2.31. The zero-order chi connectivity index (χ0) is 14.3. The molecule has 2 aromatic heterocycles. The predicted molar refractivity (Wildman–Crippen MR) is 81.6 cm³/mol. The molecule has 0 radical (unpaired) electrons. The number of anilines is 1. The molecular weight excluding hydrogens is 272 g/mol. The number of aliphatic hydroxyl groups is 1. The summed E-state index contributed by atoms with van der Waals surface area (Å²) in [5, 5.41) is 15.0. The third-order valence-corrected chi connectivity index (χ3v) is 4.83. The maximum Gasteiger partial charge on any atom is 0.214 e. The van der Waals surface area contributed by atoms with E-state index in [0.29, 0.717) is 5.92 Å². The van der Waals surface area contributed by atoms with E-state index in [1.807, 2.05) is 10.7 Å². The van der Waals surface area contributed by atoms with E-state index in [1.165, 1.54) is 0 Å². The molecule has 0 aliphatic carbocycles. The van der Waals surface area contributed by atoms with E-state index in [9.17, 15) is 5.11 Å². The van der Waals surface area contributed by atoms with Gasteiger partial charge in [-0.1, -0.05) is 32.1 Å². The summed E-state index contributed by atoms with van der Waals surface area (Å²) in [5.74, 6) is 0.380. The Balaban J connectivity index is 1.84. The SMILES string of the molecule is CC(C)(C)c1cn2nc(N3CCCC(CO)C3)sc2n1. The van der Waals surface area contributed by atoms with Crippen LogP contribution in [0.15, 0.2) is 6.20 Å². The third-order valence-electron chi connectivity index (χ3n) is 3.85. The summed E-state index contributed by atoms with van der Waals surface area (Å²) in [4.78, 5) is 7.91. The largest absolute Gasteiger partial charge is 0.396 e. The molecule has 20 heavy (non-hydrogen) atoms. The van der Waals surface area contributed by atoms with Gasteiger partial charge in [0.05, 0.1) is 11.9 Å². The van der Waals surface area contributed by atoms with Crippen molar-refractivity contribution in [1.82, 2.24) is 14.6 Å². The van der Waals surface area contributed by atoms with E-state index < -0.39 is 0 Å². The highest BCUT2D eigenvalue weighted by molar-refractivity contribution is 7.20. The minimum Gasteiger partial charge on any atom is -0.396 e. The number of hydrogen-bond donors (Lipinski definition) is 1. The van der Waals surface area contributed by atoms with E-state index in [1.54, 1.807) is 11.3 Å². The highest BCUT2D eigenvalue weighted by Gasteiger charge is 2.24. The smallest absolute Gasteiger partial charge is 0.214 e.